The number of nitrogens with one attached hydrogen (secondary N) is 1. The van der Waals surface area contributed by atoms with Crippen molar-refractivity contribution < 1.29 is 9.53 Å². The van der Waals surface area contributed by atoms with E-state index in [1.807, 2.05) is 25.2 Å². The first-order chi connectivity index (χ1) is 8.04. The van der Waals surface area contributed by atoms with Gasteiger partial charge >= 0.3 is 0 Å². The van der Waals surface area contributed by atoms with Crippen molar-refractivity contribution in [3.8, 4) is 5.75 Å². The summed E-state index contributed by atoms with van der Waals surface area (Å²) in [4.78, 5) is 10.9. The van der Waals surface area contributed by atoms with E-state index >= 15 is 0 Å². The summed E-state index contributed by atoms with van der Waals surface area (Å²) >= 11 is 3.41. The molecule has 94 valence electrons. The predicted octanol–water partition coefficient (Wildman–Crippen LogP) is 1.67. The van der Waals surface area contributed by atoms with E-state index in [0.29, 0.717) is 13.2 Å². The molecule has 5 heteroatoms. The predicted molar refractivity (Wildman–Crippen MR) is 70.8 cm³/mol. The standard InChI is InChI=1S/C12H17BrN2O2/c1-8(12(14)16)7-17-11-4-3-10(13)5-9(11)6-15-2/h3-5,8,15H,6-7H2,1-2H3,(H2,14,16). The molecule has 3 N–H and O–H groups in total. The fraction of sp³-hybridized carbons (Fsp3) is 0.417. The van der Waals surface area contributed by atoms with Gasteiger partial charge in [-0.1, -0.05) is 22.9 Å². The second kappa shape index (κ2) is 6.61. The topological polar surface area (TPSA) is 64.3 Å². The van der Waals surface area contributed by atoms with E-state index in [4.69, 9.17) is 10.5 Å². The van der Waals surface area contributed by atoms with Gasteiger partial charge in [0.15, 0.2) is 0 Å². The summed E-state index contributed by atoms with van der Waals surface area (Å²) in [5, 5.41) is 3.07. The number of ether oxygens (including phenoxy) is 1. The summed E-state index contributed by atoms with van der Waals surface area (Å²) in [6.07, 6.45) is 0. The molecule has 0 aliphatic heterocycles. The summed E-state index contributed by atoms with van der Waals surface area (Å²) in [6.45, 7) is 2.76. The van der Waals surface area contributed by atoms with Gasteiger partial charge in [0.2, 0.25) is 5.91 Å². The lowest BCUT2D eigenvalue weighted by atomic mass is 10.2. The molecule has 1 aromatic rings. The van der Waals surface area contributed by atoms with E-state index in [1.54, 1.807) is 6.92 Å². The van der Waals surface area contributed by atoms with Crippen LogP contribution in [-0.4, -0.2) is 19.6 Å². The number of amides is 1. The van der Waals surface area contributed by atoms with Crippen molar-refractivity contribution in [2.24, 2.45) is 11.7 Å². The summed E-state index contributed by atoms with van der Waals surface area (Å²) in [7, 11) is 1.87. The number of benzene rings is 1. The van der Waals surface area contributed by atoms with Gasteiger partial charge < -0.3 is 15.8 Å². The lowest BCUT2D eigenvalue weighted by Gasteiger charge is -2.14. The highest BCUT2D eigenvalue weighted by Gasteiger charge is 2.11. The lowest BCUT2D eigenvalue weighted by Crippen LogP contribution is -2.26. The number of carbonyl (C=O) groups is 1. The van der Waals surface area contributed by atoms with Crippen molar-refractivity contribution in [3.05, 3.63) is 28.2 Å². The normalized spacial score (nSPS) is 12.2. The highest BCUT2D eigenvalue weighted by atomic mass is 79.9. The molecule has 0 saturated heterocycles. The average molecular weight is 301 g/mol. The lowest BCUT2D eigenvalue weighted by molar-refractivity contribution is -0.122. The molecule has 0 radical (unpaired) electrons. The molecule has 0 spiro atoms. The first kappa shape index (κ1) is 14.0. The Kier molecular flexibility index (Phi) is 5.44. The van der Waals surface area contributed by atoms with Crippen molar-refractivity contribution in [2.75, 3.05) is 13.7 Å². The summed E-state index contributed by atoms with van der Waals surface area (Å²) < 4.78 is 6.60. The number of hydrogen-bond acceptors (Lipinski definition) is 3. The van der Waals surface area contributed by atoms with Crippen LogP contribution in [0.3, 0.4) is 0 Å². The Balaban J connectivity index is 2.72. The van der Waals surface area contributed by atoms with Crippen molar-refractivity contribution in [3.63, 3.8) is 0 Å². The molecular weight excluding hydrogens is 284 g/mol. The molecule has 0 fully saturated rings. The van der Waals surface area contributed by atoms with Crippen LogP contribution in [0.15, 0.2) is 22.7 Å². The van der Waals surface area contributed by atoms with Gasteiger partial charge in [-0.15, -0.1) is 0 Å². The molecule has 0 aliphatic carbocycles. The molecule has 0 bridgehead atoms. The van der Waals surface area contributed by atoms with Gasteiger partial charge in [0.1, 0.15) is 5.75 Å². The van der Waals surface area contributed by atoms with Crippen LogP contribution < -0.4 is 15.8 Å². The monoisotopic (exact) mass is 300 g/mol. The van der Waals surface area contributed by atoms with Crippen LogP contribution in [0.1, 0.15) is 12.5 Å². The van der Waals surface area contributed by atoms with Crippen molar-refractivity contribution in [2.45, 2.75) is 13.5 Å². The van der Waals surface area contributed by atoms with Crippen LogP contribution >= 0.6 is 15.9 Å². The average Bonchev–Trinajstić information content (AvgIpc) is 2.28. The number of primary amides is 1. The van der Waals surface area contributed by atoms with Crippen LogP contribution in [0.4, 0.5) is 0 Å². The van der Waals surface area contributed by atoms with Gasteiger partial charge in [0.05, 0.1) is 12.5 Å². The molecule has 17 heavy (non-hydrogen) atoms. The third-order valence-electron chi connectivity index (χ3n) is 2.36. The van der Waals surface area contributed by atoms with Crippen LogP contribution in [0.2, 0.25) is 0 Å². The van der Waals surface area contributed by atoms with E-state index in [-0.39, 0.29) is 11.8 Å². The second-order valence-corrected chi connectivity index (χ2v) is 4.81. The first-order valence-corrected chi connectivity index (χ1v) is 6.19. The van der Waals surface area contributed by atoms with Crippen LogP contribution in [0.5, 0.6) is 5.75 Å². The maximum atomic E-state index is 10.9. The molecule has 0 saturated carbocycles. The minimum atomic E-state index is -0.350. The van der Waals surface area contributed by atoms with Crippen molar-refractivity contribution >= 4 is 21.8 Å². The highest BCUT2D eigenvalue weighted by molar-refractivity contribution is 9.10. The van der Waals surface area contributed by atoms with Gasteiger partial charge in [-0.3, -0.25) is 4.79 Å². The van der Waals surface area contributed by atoms with E-state index < -0.39 is 0 Å². The molecule has 1 rings (SSSR count). The summed E-state index contributed by atoms with van der Waals surface area (Å²) in [5.41, 5.74) is 6.22. The third-order valence-corrected chi connectivity index (χ3v) is 2.86. The molecule has 1 aromatic carbocycles. The highest BCUT2D eigenvalue weighted by Crippen LogP contribution is 2.23. The Bertz CT molecular complexity index is 396. The zero-order chi connectivity index (χ0) is 12.8. The SMILES string of the molecule is CNCc1cc(Br)ccc1OCC(C)C(N)=O. The number of carbonyl (C=O) groups excluding carboxylic acids is 1. The van der Waals surface area contributed by atoms with E-state index in [2.05, 4.69) is 21.2 Å². The molecule has 1 atom stereocenters. The Labute approximate surface area is 110 Å². The maximum absolute atomic E-state index is 10.9. The third kappa shape index (κ3) is 4.36. The first-order valence-electron chi connectivity index (χ1n) is 5.39. The molecule has 1 amide bonds. The van der Waals surface area contributed by atoms with Crippen LogP contribution in [0.25, 0.3) is 0 Å². The molecule has 0 aromatic heterocycles. The second-order valence-electron chi connectivity index (χ2n) is 3.90. The van der Waals surface area contributed by atoms with E-state index in [0.717, 1.165) is 15.8 Å². The number of rotatable bonds is 6. The van der Waals surface area contributed by atoms with Crippen molar-refractivity contribution in [1.29, 1.82) is 0 Å². The fourth-order valence-corrected chi connectivity index (χ4v) is 1.72. The Hall–Kier alpha value is -1.07. The molecular formula is C12H17BrN2O2. The Morgan fingerprint density at radius 1 is 1.59 bits per heavy atom. The van der Waals surface area contributed by atoms with Gasteiger partial charge in [0, 0.05) is 16.6 Å². The summed E-state index contributed by atoms with van der Waals surface area (Å²) in [6, 6.07) is 5.77. The quantitative estimate of drug-likeness (QED) is 0.840. The van der Waals surface area contributed by atoms with Gasteiger partial charge in [-0.05, 0) is 25.2 Å². The maximum Gasteiger partial charge on any atom is 0.223 e. The molecule has 0 aliphatic rings. The molecule has 4 nitrogen and oxygen atoms in total. The minimum absolute atomic E-state index is 0.291. The molecule has 0 heterocycles. The Morgan fingerprint density at radius 3 is 2.88 bits per heavy atom. The number of hydrogen-bond donors (Lipinski definition) is 2. The van der Waals surface area contributed by atoms with E-state index in [1.165, 1.54) is 0 Å². The van der Waals surface area contributed by atoms with Gasteiger partial charge in [-0.2, -0.15) is 0 Å². The summed E-state index contributed by atoms with van der Waals surface area (Å²) in [5.74, 6) is 0.133. The number of halogens is 1. The minimum Gasteiger partial charge on any atom is -0.492 e. The largest absolute Gasteiger partial charge is 0.492 e. The zero-order valence-electron chi connectivity index (χ0n) is 10.00. The van der Waals surface area contributed by atoms with E-state index in [9.17, 15) is 4.79 Å². The molecule has 1 unspecified atom stereocenters. The fourth-order valence-electron chi connectivity index (χ4n) is 1.31. The van der Waals surface area contributed by atoms with Crippen molar-refractivity contribution in [1.82, 2.24) is 5.32 Å². The van der Waals surface area contributed by atoms with Gasteiger partial charge in [0.25, 0.3) is 0 Å². The zero-order valence-corrected chi connectivity index (χ0v) is 11.6. The van der Waals surface area contributed by atoms with Gasteiger partial charge in [-0.25, -0.2) is 0 Å². The Morgan fingerprint density at radius 2 is 2.29 bits per heavy atom. The number of nitrogens with two attached hydrogens (primary N) is 1. The van der Waals surface area contributed by atoms with Crippen LogP contribution in [0, 0.1) is 5.92 Å². The smallest absolute Gasteiger partial charge is 0.223 e. The van der Waals surface area contributed by atoms with Crippen LogP contribution in [-0.2, 0) is 11.3 Å².